The van der Waals surface area contributed by atoms with Crippen LogP contribution in [0.5, 0.6) is 0 Å². The molecule has 3 aliphatic rings. The van der Waals surface area contributed by atoms with Crippen LogP contribution in [-0.2, 0) is 9.47 Å². The molecule has 5 rings (SSSR count). The highest BCUT2D eigenvalue weighted by atomic mass is 35.5. The van der Waals surface area contributed by atoms with Gasteiger partial charge in [-0.3, -0.25) is 0 Å². The Morgan fingerprint density at radius 2 is 1.86 bits per heavy atom. The Hall–Kier alpha value is -2.44. The van der Waals surface area contributed by atoms with E-state index in [1.165, 1.54) is 12.8 Å². The number of ether oxygens (including phenoxy) is 2. The quantitative estimate of drug-likeness (QED) is 0.420. The average Bonchev–Trinajstić information content (AvgIpc) is 3.47. The number of nitriles is 1. The summed E-state index contributed by atoms with van der Waals surface area (Å²) in [5.74, 6) is 1.55. The van der Waals surface area contributed by atoms with Crippen LogP contribution in [0.15, 0.2) is 30.5 Å². The van der Waals surface area contributed by atoms with Gasteiger partial charge in [0, 0.05) is 56.8 Å². The van der Waals surface area contributed by atoms with Crippen molar-refractivity contribution in [3.8, 4) is 17.3 Å². The summed E-state index contributed by atoms with van der Waals surface area (Å²) in [5, 5.41) is 21.0. The molecule has 2 aliphatic heterocycles. The fourth-order valence-corrected chi connectivity index (χ4v) is 5.70. The minimum atomic E-state index is -0.417. The second-order valence-corrected chi connectivity index (χ2v) is 11.0. The van der Waals surface area contributed by atoms with Crippen LogP contribution in [0.1, 0.15) is 51.4 Å². The molecule has 4 heterocycles. The number of nitrogens with one attached hydrogen (secondary N) is 3. The summed E-state index contributed by atoms with van der Waals surface area (Å²) >= 11 is 6.55. The maximum absolute atomic E-state index is 9.73. The normalized spacial score (nSPS) is 25.4. The van der Waals surface area contributed by atoms with Crippen molar-refractivity contribution in [2.75, 3.05) is 43.5 Å². The van der Waals surface area contributed by atoms with Crippen molar-refractivity contribution in [1.29, 1.82) is 5.26 Å². The van der Waals surface area contributed by atoms with Crippen molar-refractivity contribution in [2.45, 2.75) is 69.6 Å². The monoisotopic (exact) mass is 524 g/mol. The molecule has 8 nitrogen and oxygen atoms in total. The van der Waals surface area contributed by atoms with Gasteiger partial charge in [0.25, 0.3) is 0 Å². The molecule has 0 amide bonds. The van der Waals surface area contributed by atoms with Crippen LogP contribution in [0.3, 0.4) is 0 Å². The van der Waals surface area contributed by atoms with Gasteiger partial charge < -0.3 is 25.4 Å². The van der Waals surface area contributed by atoms with E-state index in [1.807, 2.05) is 24.3 Å². The summed E-state index contributed by atoms with van der Waals surface area (Å²) in [6, 6.07) is 11.3. The zero-order valence-corrected chi connectivity index (χ0v) is 22.1. The fraction of sp³-hybridized carbons (Fsp3) is 0.607. The minimum absolute atomic E-state index is 0.393. The van der Waals surface area contributed by atoms with E-state index in [2.05, 4.69) is 27.0 Å². The van der Waals surface area contributed by atoms with Gasteiger partial charge in [-0.25, -0.2) is 9.97 Å². The highest BCUT2D eigenvalue weighted by molar-refractivity contribution is 6.33. The van der Waals surface area contributed by atoms with Gasteiger partial charge in [-0.15, -0.1) is 0 Å². The summed E-state index contributed by atoms with van der Waals surface area (Å²) in [6.07, 6.45) is 10.4. The first-order valence-electron chi connectivity index (χ1n) is 13.6. The molecule has 37 heavy (non-hydrogen) atoms. The highest BCUT2D eigenvalue weighted by Gasteiger charge is 2.32. The molecular formula is C28H37ClN6O2. The van der Waals surface area contributed by atoms with Crippen LogP contribution >= 0.6 is 11.6 Å². The lowest BCUT2D eigenvalue weighted by molar-refractivity contribution is 0.0455. The van der Waals surface area contributed by atoms with Gasteiger partial charge in [0.05, 0.1) is 28.3 Å². The number of pyridine rings is 2. The fourth-order valence-electron chi connectivity index (χ4n) is 5.50. The number of anilines is 2. The molecule has 1 aliphatic carbocycles. The molecule has 2 aromatic rings. The van der Waals surface area contributed by atoms with Crippen molar-refractivity contribution >= 4 is 23.2 Å². The molecule has 2 aromatic heterocycles. The zero-order valence-electron chi connectivity index (χ0n) is 21.3. The van der Waals surface area contributed by atoms with Crippen LogP contribution in [0.25, 0.3) is 11.3 Å². The molecule has 2 saturated heterocycles. The summed E-state index contributed by atoms with van der Waals surface area (Å²) in [6.45, 7) is 3.67. The van der Waals surface area contributed by atoms with Crippen LogP contribution in [0, 0.1) is 16.7 Å². The maximum Gasteiger partial charge on any atom is 0.126 e. The van der Waals surface area contributed by atoms with E-state index < -0.39 is 5.41 Å². The van der Waals surface area contributed by atoms with Crippen molar-refractivity contribution in [1.82, 2.24) is 15.3 Å². The standard InChI is InChI=1S/C28H37ClN6O2/c29-24-17-32-27(34-21-8-6-20(7-9-21)31-16-22-3-2-12-37-22)15-23(24)25-4-1-5-26(35-25)33-19-28(18-30)10-13-36-14-11-28/h1,4-5,15,17,20-22,31H,2-3,6-14,16,19H2,(H,32,34)(H,33,35)/t20?,21?,22-/m0/s1. The summed E-state index contributed by atoms with van der Waals surface area (Å²) < 4.78 is 11.2. The van der Waals surface area contributed by atoms with Crippen molar-refractivity contribution in [2.24, 2.45) is 5.41 Å². The molecule has 0 radical (unpaired) electrons. The zero-order chi connectivity index (χ0) is 25.5. The van der Waals surface area contributed by atoms with E-state index in [0.29, 0.717) is 43.0 Å². The number of hydrogen-bond donors (Lipinski definition) is 3. The number of nitrogens with zero attached hydrogens (tertiary/aromatic N) is 3. The van der Waals surface area contributed by atoms with Gasteiger partial charge >= 0.3 is 0 Å². The van der Waals surface area contributed by atoms with Crippen molar-refractivity contribution in [3.63, 3.8) is 0 Å². The third kappa shape index (κ3) is 6.91. The summed E-state index contributed by atoms with van der Waals surface area (Å²) in [5.41, 5.74) is 1.21. The molecule has 1 atom stereocenters. The molecule has 9 heteroatoms. The number of halogens is 1. The molecule has 0 unspecified atom stereocenters. The van der Waals surface area contributed by atoms with E-state index in [1.54, 1.807) is 6.20 Å². The van der Waals surface area contributed by atoms with Crippen LogP contribution in [0.2, 0.25) is 5.02 Å². The first-order valence-corrected chi connectivity index (χ1v) is 14.0. The topological polar surface area (TPSA) is 104 Å². The predicted molar refractivity (Wildman–Crippen MR) is 146 cm³/mol. The Labute approximate surface area is 224 Å². The molecule has 0 aromatic carbocycles. The van der Waals surface area contributed by atoms with Gasteiger partial charge in [0.1, 0.15) is 11.6 Å². The minimum Gasteiger partial charge on any atom is -0.381 e. The number of aromatic nitrogens is 2. The summed E-state index contributed by atoms with van der Waals surface area (Å²) in [7, 11) is 0. The Morgan fingerprint density at radius 1 is 1.05 bits per heavy atom. The molecule has 0 bridgehead atoms. The smallest absolute Gasteiger partial charge is 0.126 e. The van der Waals surface area contributed by atoms with Gasteiger partial charge in [-0.2, -0.15) is 5.26 Å². The SMILES string of the molecule is N#CC1(CNc2cccc(-c3cc(NC4CCC(NC[C@@H]5CCCO5)CC4)ncc3Cl)n2)CCOCC1. The second-order valence-electron chi connectivity index (χ2n) is 10.6. The highest BCUT2D eigenvalue weighted by Crippen LogP contribution is 2.32. The number of hydrogen-bond acceptors (Lipinski definition) is 8. The first-order chi connectivity index (χ1) is 18.1. The average molecular weight is 525 g/mol. The molecule has 1 saturated carbocycles. The molecule has 198 valence electrons. The van der Waals surface area contributed by atoms with Gasteiger partial charge in [-0.1, -0.05) is 17.7 Å². The third-order valence-corrected chi connectivity index (χ3v) is 8.21. The maximum atomic E-state index is 9.73. The van der Waals surface area contributed by atoms with Gasteiger partial charge in [0.15, 0.2) is 0 Å². The van der Waals surface area contributed by atoms with E-state index >= 15 is 0 Å². The van der Waals surface area contributed by atoms with E-state index in [0.717, 1.165) is 74.6 Å². The molecular weight excluding hydrogens is 488 g/mol. The lowest BCUT2D eigenvalue weighted by atomic mass is 9.82. The Kier molecular flexibility index (Phi) is 8.78. The van der Waals surface area contributed by atoms with Crippen LogP contribution in [-0.4, -0.2) is 61.1 Å². The largest absolute Gasteiger partial charge is 0.381 e. The van der Waals surface area contributed by atoms with Crippen LogP contribution in [0.4, 0.5) is 11.6 Å². The molecule has 3 N–H and O–H groups in total. The van der Waals surface area contributed by atoms with Crippen molar-refractivity contribution in [3.05, 3.63) is 35.5 Å². The van der Waals surface area contributed by atoms with E-state index in [9.17, 15) is 5.26 Å². The van der Waals surface area contributed by atoms with Gasteiger partial charge in [-0.05, 0) is 69.6 Å². The molecule has 0 spiro atoms. The Bertz CT molecular complexity index is 1070. The van der Waals surface area contributed by atoms with Crippen molar-refractivity contribution < 1.29 is 9.47 Å². The van der Waals surface area contributed by atoms with Crippen LogP contribution < -0.4 is 16.0 Å². The predicted octanol–water partition coefficient (Wildman–Crippen LogP) is 5.02. The molecule has 3 fully saturated rings. The Morgan fingerprint density at radius 3 is 2.62 bits per heavy atom. The summed E-state index contributed by atoms with van der Waals surface area (Å²) in [4.78, 5) is 9.33. The first kappa shape index (κ1) is 26.2. The second kappa shape index (κ2) is 12.4. The lowest BCUT2D eigenvalue weighted by Gasteiger charge is -2.31. The van der Waals surface area contributed by atoms with E-state index in [-0.39, 0.29) is 0 Å². The van der Waals surface area contributed by atoms with Gasteiger partial charge in [0.2, 0.25) is 0 Å². The number of rotatable bonds is 9. The third-order valence-electron chi connectivity index (χ3n) is 7.91. The van der Waals surface area contributed by atoms with E-state index in [4.69, 9.17) is 26.1 Å². The Balaban J connectivity index is 1.17. The lowest BCUT2D eigenvalue weighted by Crippen LogP contribution is -2.40.